The number of amides is 1. The fraction of sp³-hybridized carbons (Fsp3) is 0.154. The maximum absolute atomic E-state index is 11.9. The zero-order chi connectivity index (χ0) is 13.1. The largest absolute Gasteiger partial charge is 0.454 e. The third-order valence-electron chi connectivity index (χ3n) is 2.38. The molecule has 3 N–H and O–H groups in total. The molecule has 0 saturated carbocycles. The summed E-state index contributed by atoms with van der Waals surface area (Å²) < 4.78 is 6.26. The van der Waals surface area contributed by atoms with E-state index in [1.54, 1.807) is 25.1 Å². The second-order valence-corrected chi connectivity index (χ2v) is 4.87. The minimum atomic E-state index is -0.292. The van der Waals surface area contributed by atoms with Crippen LogP contribution in [0.25, 0.3) is 0 Å². The molecule has 0 saturated heterocycles. The van der Waals surface area contributed by atoms with Gasteiger partial charge >= 0.3 is 0 Å². The van der Waals surface area contributed by atoms with Crippen molar-refractivity contribution in [3.63, 3.8) is 0 Å². The Morgan fingerprint density at radius 2 is 2.17 bits per heavy atom. The Morgan fingerprint density at radius 3 is 2.78 bits per heavy atom. The molecule has 1 aromatic heterocycles. The van der Waals surface area contributed by atoms with E-state index in [0.717, 1.165) is 4.47 Å². The lowest BCUT2D eigenvalue weighted by molar-refractivity contribution is 0.0994. The fourth-order valence-corrected chi connectivity index (χ4v) is 1.88. The smallest absolute Gasteiger partial charge is 0.291 e. The quantitative estimate of drug-likeness (QED) is 0.914. The first-order chi connectivity index (χ1) is 8.56. The molecule has 0 aliphatic rings. The first-order valence-electron chi connectivity index (χ1n) is 5.48. The van der Waals surface area contributed by atoms with Gasteiger partial charge in [-0.05, 0) is 37.3 Å². The van der Waals surface area contributed by atoms with Crippen molar-refractivity contribution in [2.75, 3.05) is 5.32 Å². The van der Waals surface area contributed by atoms with E-state index in [9.17, 15) is 4.79 Å². The third-order valence-corrected chi connectivity index (χ3v) is 2.88. The number of nitrogens with two attached hydrogens (primary N) is 1. The molecule has 18 heavy (non-hydrogen) atoms. The maximum Gasteiger partial charge on any atom is 0.291 e. The van der Waals surface area contributed by atoms with Crippen LogP contribution in [-0.4, -0.2) is 5.91 Å². The fourth-order valence-electron chi connectivity index (χ4n) is 1.48. The van der Waals surface area contributed by atoms with E-state index in [4.69, 9.17) is 10.2 Å². The molecule has 1 amide bonds. The number of hydrogen-bond donors (Lipinski definition) is 2. The van der Waals surface area contributed by atoms with Crippen molar-refractivity contribution in [1.29, 1.82) is 0 Å². The van der Waals surface area contributed by atoms with Gasteiger partial charge in [0.15, 0.2) is 5.76 Å². The highest BCUT2D eigenvalue weighted by Crippen LogP contribution is 2.18. The van der Waals surface area contributed by atoms with Crippen LogP contribution < -0.4 is 11.1 Å². The van der Waals surface area contributed by atoms with Gasteiger partial charge in [-0.1, -0.05) is 22.0 Å². The number of carbonyl (C=O) groups excluding carboxylic acids is 1. The maximum atomic E-state index is 11.9. The van der Waals surface area contributed by atoms with Gasteiger partial charge in [-0.3, -0.25) is 4.79 Å². The summed E-state index contributed by atoms with van der Waals surface area (Å²) >= 11 is 3.34. The number of furan rings is 1. The summed E-state index contributed by atoms with van der Waals surface area (Å²) in [6.45, 7) is 1.80. The van der Waals surface area contributed by atoms with E-state index in [2.05, 4.69) is 21.2 Å². The first kappa shape index (κ1) is 12.9. The topological polar surface area (TPSA) is 68.3 Å². The van der Waals surface area contributed by atoms with Gasteiger partial charge < -0.3 is 15.5 Å². The number of hydrogen-bond acceptors (Lipinski definition) is 3. The summed E-state index contributed by atoms with van der Waals surface area (Å²) in [5, 5.41) is 2.75. The number of anilines is 1. The van der Waals surface area contributed by atoms with Crippen molar-refractivity contribution in [1.82, 2.24) is 0 Å². The van der Waals surface area contributed by atoms with Crippen LogP contribution in [0.5, 0.6) is 0 Å². The highest BCUT2D eigenvalue weighted by atomic mass is 79.9. The van der Waals surface area contributed by atoms with E-state index >= 15 is 0 Å². The molecule has 2 aromatic rings. The Bertz CT molecular complexity index is 564. The van der Waals surface area contributed by atoms with Gasteiger partial charge in [-0.2, -0.15) is 0 Å². The lowest BCUT2D eigenvalue weighted by Crippen LogP contribution is -2.11. The highest BCUT2D eigenvalue weighted by Gasteiger charge is 2.13. The van der Waals surface area contributed by atoms with Crippen LogP contribution in [0.2, 0.25) is 0 Å². The zero-order valence-electron chi connectivity index (χ0n) is 9.81. The molecule has 0 aliphatic carbocycles. The molecular formula is C13H13BrN2O2. The van der Waals surface area contributed by atoms with E-state index in [-0.39, 0.29) is 17.7 Å². The van der Waals surface area contributed by atoms with Gasteiger partial charge in [0.05, 0.1) is 6.04 Å². The number of rotatable bonds is 3. The molecule has 1 aromatic carbocycles. The average Bonchev–Trinajstić information content (AvgIpc) is 2.78. The van der Waals surface area contributed by atoms with E-state index < -0.39 is 0 Å². The highest BCUT2D eigenvalue weighted by molar-refractivity contribution is 9.10. The molecule has 1 heterocycles. The Hall–Kier alpha value is -1.59. The Labute approximate surface area is 113 Å². The predicted octanol–water partition coefficient (Wildman–Crippen LogP) is 3.31. The molecule has 0 fully saturated rings. The summed E-state index contributed by atoms with van der Waals surface area (Å²) in [6, 6.07) is 10.4. The van der Waals surface area contributed by atoms with Gasteiger partial charge in [0.25, 0.3) is 5.91 Å². The summed E-state index contributed by atoms with van der Waals surface area (Å²) in [4.78, 5) is 11.9. The zero-order valence-corrected chi connectivity index (χ0v) is 11.4. The van der Waals surface area contributed by atoms with Gasteiger partial charge in [0.2, 0.25) is 0 Å². The van der Waals surface area contributed by atoms with Crippen LogP contribution >= 0.6 is 15.9 Å². The minimum Gasteiger partial charge on any atom is -0.454 e. The van der Waals surface area contributed by atoms with Gasteiger partial charge in [0.1, 0.15) is 5.76 Å². The molecule has 1 unspecified atom stereocenters. The number of benzene rings is 1. The summed E-state index contributed by atoms with van der Waals surface area (Å²) in [5.41, 5.74) is 6.37. The molecule has 0 spiro atoms. The van der Waals surface area contributed by atoms with Crippen molar-refractivity contribution in [3.8, 4) is 0 Å². The van der Waals surface area contributed by atoms with Gasteiger partial charge in [-0.25, -0.2) is 0 Å². The number of carbonyl (C=O) groups is 1. The Morgan fingerprint density at radius 1 is 1.39 bits per heavy atom. The van der Waals surface area contributed by atoms with E-state index in [0.29, 0.717) is 11.4 Å². The normalized spacial score (nSPS) is 12.2. The number of halogens is 1. The lowest BCUT2D eigenvalue weighted by Gasteiger charge is -2.04. The Balaban J connectivity index is 2.12. The predicted molar refractivity (Wildman–Crippen MR) is 73.4 cm³/mol. The number of nitrogens with one attached hydrogen (secondary N) is 1. The second kappa shape index (κ2) is 5.37. The molecule has 1 atom stereocenters. The summed E-state index contributed by atoms with van der Waals surface area (Å²) in [5.74, 6) is 0.552. The van der Waals surface area contributed by atoms with Gasteiger partial charge in [0, 0.05) is 10.2 Å². The van der Waals surface area contributed by atoms with Crippen molar-refractivity contribution >= 4 is 27.5 Å². The van der Waals surface area contributed by atoms with Gasteiger partial charge in [-0.15, -0.1) is 0 Å². The molecule has 5 heteroatoms. The van der Waals surface area contributed by atoms with Crippen molar-refractivity contribution < 1.29 is 9.21 Å². The molecule has 2 rings (SSSR count). The van der Waals surface area contributed by atoms with Crippen molar-refractivity contribution in [3.05, 3.63) is 52.4 Å². The monoisotopic (exact) mass is 308 g/mol. The molecule has 0 radical (unpaired) electrons. The van der Waals surface area contributed by atoms with E-state index in [1.165, 1.54) is 0 Å². The van der Waals surface area contributed by atoms with Crippen LogP contribution in [0.15, 0.2) is 45.3 Å². The SMILES string of the molecule is CC(N)c1ccc(C(=O)Nc2cccc(Br)c2)o1. The summed E-state index contributed by atoms with van der Waals surface area (Å²) in [6.07, 6.45) is 0. The van der Waals surface area contributed by atoms with Crippen LogP contribution in [0.1, 0.15) is 29.3 Å². The molecule has 4 nitrogen and oxygen atoms in total. The van der Waals surface area contributed by atoms with E-state index in [1.807, 2.05) is 18.2 Å². The second-order valence-electron chi connectivity index (χ2n) is 3.96. The van der Waals surface area contributed by atoms with Crippen LogP contribution in [0, 0.1) is 0 Å². The Kier molecular flexibility index (Phi) is 3.84. The first-order valence-corrected chi connectivity index (χ1v) is 6.28. The van der Waals surface area contributed by atoms with Crippen LogP contribution in [-0.2, 0) is 0 Å². The van der Waals surface area contributed by atoms with Crippen LogP contribution in [0.3, 0.4) is 0 Å². The standard InChI is InChI=1S/C13H13BrN2O2/c1-8(15)11-5-6-12(18-11)13(17)16-10-4-2-3-9(14)7-10/h2-8H,15H2,1H3,(H,16,17). The molecular weight excluding hydrogens is 296 g/mol. The average molecular weight is 309 g/mol. The van der Waals surface area contributed by atoms with Crippen molar-refractivity contribution in [2.45, 2.75) is 13.0 Å². The molecule has 94 valence electrons. The van der Waals surface area contributed by atoms with Crippen molar-refractivity contribution in [2.24, 2.45) is 5.73 Å². The minimum absolute atomic E-state index is 0.225. The summed E-state index contributed by atoms with van der Waals surface area (Å²) in [7, 11) is 0. The molecule has 0 aliphatic heterocycles. The lowest BCUT2D eigenvalue weighted by atomic mass is 10.3. The third kappa shape index (κ3) is 3.00. The molecule has 0 bridgehead atoms. The van der Waals surface area contributed by atoms with Crippen LogP contribution in [0.4, 0.5) is 5.69 Å².